The van der Waals surface area contributed by atoms with Crippen LogP contribution < -0.4 is 4.74 Å². The van der Waals surface area contributed by atoms with Gasteiger partial charge in [0.25, 0.3) is 0 Å². The van der Waals surface area contributed by atoms with Crippen LogP contribution in [-0.4, -0.2) is 63.9 Å². The Labute approximate surface area is 218 Å². The first-order valence-corrected chi connectivity index (χ1v) is 13.4. The molecule has 0 bridgehead atoms. The molecule has 192 valence electrons. The van der Waals surface area contributed by atoms with Crippen LogP contribution in [0.5, 0.6) is 5.75 Å². The molecule has 3 aromatic rings. The van der Waals surface area contributed by atoms with Crippen LogP contribution in [0.15, 0.2) is 42.6 Å². The van der Waals surface area contributed by atoms with E-state index in [9.17, 15) is 4.79 Å². The van der Waals surface area contributed by atoms with Gasteiger partial charge in [-0.15, -0.1) is 0 Å². The van der Waals surface area contributed by atoms with Crippen LogP contribution in [0.1, 0.15) is 53.5 Å². The third kappa shape index (κ3) is 4.73. The van der Waals surface area contributed by atoms with Crippen LogP contribution in [0, 0.1) is 19.3 Å². The second-order valence-corrected chi connectivity index (χ2v) is 11.1. The van der Waals surface area contributed by atoms with Crippen LogP contribution in [0.2, 0.25) is 0 Å². The molecule has 1 aliphatic carbocycles. The number of methoxy groups -OCH3 is 1. The normalized spacial score (nSPS) is 20.5. The van der Waals surface area contributed by atoms with Gasteiger partial charge in [-0.2, -0.15) is 0 Å². The lowest BCUT2D eigenvalue weighted by atomic mass is 9.71. The third-order valence-electron chi connectivity index (χ3n) is 8.49. The molecule has 2 fully saturated rings. The van der Waals surface area contributed by atoms with Crippen molar-refractivity contribution >= 4 is 5.91 Å². The second kappa shape index (κ2) is 9.53. The maximum absolute atomic E-state index is 12.9. The van der Waals surface area contributed by atoms with Gasteiger partial charge < -0.3 is 9.64 Å². The number of aryl methyl sites for hydroxylation is 3. The van der Waals surface area contributed by atoms with Gasteiger partial charge in [0, 0.05) is 54.9 Å². The Kier molecular flexibility index (Phi) is 6.19. The van der Waals surface area contributed by atoms with Gasteiger partial charge in [-0.3, -0.25) is 14.7 Å². The topological polar surface area (TPSA) is 71.5 Å². The summed E-state index contributed by atoms with van der Waals surface area (Å²) in [5.41, 5.74) is 7.22. The average molecular weight is 498 g/mol. The summed E-state index contributed by atoms with van der Waals surface area (Å²) in [5, 5.41) is 0. The minimum atomic E-state index is 0.178. The lowest BCUT2D eigenvalue weighted by molar-refractivity contribution is -0.136. The van der Waals surface area contributed by atoms with Crippen LogP contribution in [-0.2, 0) is 17.6 Å². The van der Waals surface area contributed by atoms with Gasteiger partial charge in [-0.25, -0.2) is 9.97 Å². The Morgan fingerprint density at radius 3 is 2.49 bits per heavy atom. The molecule has 1 amide bonds. The predicted molar refractivity (Wildman–Crippen MR) is 142 cm³/mol. The number of carbonyl (C=O) groups is 1. The quantitative estimate of drug-likeness (QED) is 0.523. The smallest absolute Gasteiger partial charge is 0.228 e. The second-order valence-electron chi connectivity index (χ2n) is 11.1. The van der Waals surface area contributed by atoms with Crippen molar-refractivity contribution in [3.63, 3.8) is 0 Å². The van der Waals surface area contributed by atoms with Crippen molar-refractivity contribution in [1.29, 1.82) is 0 Å². The fourth-order valence-corrected chi connectivity index (χ4v) is 6.45. The van der Waals surface area contributed by atoms with Crippen molar-refractivity contribution < 1.29 is 9.53 Å². The van der Waals surface area contributed by atoms with Crippen LogP contribution >= 0.6 is 0 Å². The van der Waals surface area contributed by atoms with Gasteiger partial charge in [0.15, 0.2) is 5.82 Å². The van der Waals surface area contributed by atoms with Gasteiger partial charge >= 0.3 is 0 Å². The van der Waals surface area contributed by atoms with Crippen molar-refractivity contribution in [1.82, 2.24) is 24.8 Å². The molecule has 0 saturated carbocycles. The van der Waals surface area contributed by atoms with Gasteiger partial charge in [-0.05, 0) is 80.3 Å². The van der Waals surface area contributed by atoms with E-state index >= 15 is 0 Å². The molecular weight excluding hydrogens is 462 g/mol. The molecule has 2 aromatic heterocycles. The first-order valence-electron chi connectivity index (χ1n) is 13.4. The number of hydrogen-bond acceptors (Lipinski definition) is 6. The van der Waals surface area contributed by atoms with E-state index < -0.39 is 0 Å². The van der Waals surface area contributed by atoms with Crippen molar-refractivity contribution in [3.8, 4) is 17.1 Å². The number of piperidine rings is 1. The molecule has 1 unspecified atom stereocenters. The van der Waals surface area contributed by atoms with Crippen LogP contribution in [0.4, 0.5) is 0 Å². The monoisotopic (exact) mass is 497 g/mol. The Bertz CT molecular complexity index is 1290. The molecule has 1 atom stereocenters. The van der Waals surface area contributed by atoms with Crippen molar-refractivity contribution in [2.75, 3.05) is 33.3 Å². The standard InChI is InChI=1S/C30H35N5O2/c1-20-14-21(2)33-29(32-20)23-4-8-26-22(15-23)5-9-27(26)35-18-30(19-35)10-12-34(13-11-30)28(36)16-24-6-7-25(37-3)17-31-24/h4,6-8,14-15,17,27H,5,9-13,16,18-19H2,1-3H3. The van der Waals surface area contributed by atoms with E-state index in [2.05, 4.69) is 38.1 Å². The number of carbonyl (C=O) groups excluding carboxylic acids is 1. The molecule has 2 aliphatic heterocycles. The number of nitrogens with zero attached hydrogens (tertiary/aromatic N) is 5. The van der Waals surface area contributed by atoms with Crippen LogP contribution in [0.3, 0.4) is 0 Å². The number of rotatable bonds is 5. The summed E-state index contributed by atoms with van der Waals surface area (Å²) in [4.78, 5) is 31.2. The maximum Gasteiger partial charge on any atom is 0.228 e. The third-order valence-corrected chi connectivity index (χ3v) is 8.49. The molecule has 1 spiro atoms. The molecule has 2 saturated heterocycles. The van der Waals surface area contributed by atoms with E-state index in [1.165, 1.54) is 17.5 Å². The first kappa shape index (κ1) is 24.0. The highest BCUT2D eigenvalue weighted by atomic mass is 16.5. The zero-order valence-corrected chi connectivity index (χ0v) is 22.0. The van der Waals surface area contributed by atoms with Gasteiger partial charge in [0.2, 0.25) is 5.91 Å². The molecule has 4 heterocycles. The highest BCUT2D eigenvalue weighted by Gasteiger charge is 2.48. The molecule has 7 heteroatoms. The summed E-state index contributed by atoms with van der Waals surface area (Å²) in [6, 6.07) is 13.1. The lowest BCUT2D eigenvalue weighted by Gasteiger charge is -2.56. The summed E-state index contributed by atoms with van der Waals surface area (Å²) in [6.45, 7) is 8.04. The summed E-state index contributed by atoms with van der Waals surface area (Å²) >= 11 is 0. The van der Waals surface area contributed by atoms with E-state index in [1.54, 1.807) is 13.3 Å². The maximum atomic E-state index is 12.9. The van der Waals surface area contributed by atoms with Gasteiger partial charge in [0.05, 0.1) is 19.7 Å². The summed E-state index contributed by atoms with van der Waals surface area (Å²) in [6.07, 6.45) is 6.51. The van der Waals surface area contributed by atoms with E-state index in [0.717, 1.165) is 73.9 Å². The highest BCUT2D eigenvalue weighted by Crippen LogP contribution is 2.48. The predicted octanol–water partition coefficient (Wildman–Crippen LogP) is 4.32. The number of benzene rings is 1. The average Bonchev–Trinajstić information content (AvgIpc) is 3.30. The zero-order valence-electron chi connectivity index (χ0n) is 22.0. The number of likely N-dealkylation sites (tertiary alicyclic amines) is 2. The number of fused-ring (bicyclic) bond motifs is 1. The summed E-state index contributed by atoms with van der Waals surface area (Å²) < 4.78 is 5.16. The van der Waals surface area contributed by atoms with E-state index in [4.69, 9.17) is 4.74 Å². The summed E-state index contributed by atoms with van der Waals surface area (Å²) in [5.74, 6) is 1.72. The zero-order chi connectivity index (χ0) is 25.6. The van der Waals surface area contributed by atoms with Crippen LogP contribution in [0.25, 0.3) is 11.4 Å². The lowest BCUT2D eigenvalue weighted by Crippen LogP contribution is -2.61. The number of hydrogen-bond donors (Lipinski definition) is 0. The van der Waals surface area contributed by atoms with E-state index in [0.29, 0.717) is 23.6 Å². The number of aromatic nitrogens is 3. The van der Waals surface area contributed by atoms with E-state index in [-0.39, 0.29) is 5.91 Å². The minimum Gasteiger partial charge on any atom is -0.495 e. The fraction of sp³-hybridized carbons (Fsp3) is 0.467. The molecule has 0 N–H and O–H groups in total. The van der Waals surface area contributed by atoms with Crippen molar-refractivity contribution in [2.45, 2.75) is 52.0 Å². The number of amides is 1. The largest absolute Gasteiger partial charge is 0.495 e. The minimum absolute atomic E-state index is 0.178. The Morgan fingerprint density at radius 1 is 1.05 bits per heavy atom. The molecule has 3 aliphatic rings. The Balaban J connectivity index is 1.04. The Morgan fingerprint density at radius 2 is 1.81 bits per heavy atom. The molecule has 0 radical (unpaired) electrons. The molecule has 1 aromatic carbocycles. The highest BCUT2D eigenvalue weighted by molar-refractivity contribution is 5.78. The molecule has 37 heavy (non-hydrogen) atoms. The van der Waals surface area contributed by atoms with E-state index in [1.807, 2.05) is 36.9 Å². The first-order chi connectivity index (χ1) is 17.9. The molecular formula is C30H35N5O2. The number of pyridine rings is 1. The van der Waals surface area contributed by atoms with Gasteiger partial charge in [0.1, 0.15) is 5.75 Å². The van der Waals surface area contributed by atoms with Crippen molar-refractivity contribution in [3.05, 3.63) is 70.8 Å². The Hall–Kier alpha value is -3.32. The molecule has 7 nitrogen and oxygen atoms in total. The summed E-state index contributed by atoms with van der Waals surface area (Å²) in [7, 11) is 1.62. The fourth-order valence-electron chi connectivity index (χ4n) is 6.45. The van der Waals surface area contributed by atoms with Gasteiger partial charge in [-0.1, -0.05) is 12.1 Å². The van der Waals surface area contributed by atoms with Crippen molar-refractivity contribution in [2.24, 2.45) is 5.41 Å². The SMILES string of the molecule is COc1ccc(CC(=O)N2CCC3(CC2)CN(C2CCc4cc(-c5nc(C)cc(C)n5)ccc42)C3)nc1. The number of ether oxygens (including phenoxy) is 1. The molecule has 6 rings (SSSR count).